The SMILES string of the molecule is Cn1nc(C2CC2)c2c(C(=O)NNC(=S)NC[C@@H]3CCCO3)cc(C3CC3)nc21. The second-order valence-corrected chi connectivity index (χ2v) is 8.68. The van der Waals surface area contributed by atoms with E-state index in [9.17, 15) is 4.79 Å². The first-order valence-electron chi connectivity index (χ1n) is 10.4. The number of fused-ring (bicyclic) bond motifs is 1. The number of aryl methyl sites for hydroxylation is 1. The van der Waals surface area contributed by atoms with Gasteiger partial charge < -0.3 is 10.1 Å². The summed E-state index contributed by atoms with van der Waals surface area (Å²) in [6, 6.07) is 1.94. The van der Waals surface area contributed by atoms with Gasteiger partial charge in [0.2, 0.25) is 0 Å². The van der Waals surface area contributed by atoms with Crippen LogP contribution in [0.3, 0.4) is 0 Å². The maximum atomic E-state index is 13.1. The Balaban J connectivity index is 1.34. The van der Waals surface area contributed by atoms with E-state index in [1.807, 2.05) is 17.8 Å². The molecule has 0 unspecified atom stereocenters. The number of carbonyl (C=O) groups excluding carboxylic acids is 1. The largest absolute Gasteiger partial charge is 0.376 e. The molecule has 0 radical (unpaired) electrons. The quantitative estimate of drug-likeness (QED) is 0.509. The number of amides is 1. The van der Waals surface area contributed by atoms with E-state index in [2.05, 4.69) is 21.3 Å². The van der Waals surface area contributed by atoms with Crippen molar-refractivity contribution in [2.75, 3.05) is 13.2 Å². The van der Waals surface area contributed by atoms with Crippen LogP contribution in [0.25, 0.3) is 11.0 Å². The first kappa shape index (κ1) is 18.7. The average molecular weight is 415 g/mol. The maximum absolute atomic E-state index is 13.1. The second kappa shape index (κ2) is 7.53. The Kier molecular flexibility index (Phi) is 4.87. The number of nitrogens with one attached hydrogen (secondary N) is 3. The molecule has 3 fully saturated rings. The number of aromatic nitrogens is 3. The molecule has 2 aliphatic carbocycles. The summed E-state index contributed by atoms with van der Waals surface area (Å²) < 4.78 is 7.39. The van der Waals surface area contributed by atoms with Crippen molar-refractivity contribution in [3.05, 3.63) is 23.0 Å². The summed E-state index contributed by atoms with van der Waals surface area (Å²) in [5.41, 5.74) is 8.96. The summed E-state index contributed by atoms with van der Waals surface area (Å²) in [5.74, 6) is 0.670. The highest BCUT2D eigenvalue weighted by Crippen LogP contribution is 2.45. The Morgan fingerprint density at radius 2 is 2.03 bits per heavy atom. The number of pyridine rings is 1. The molecule has 154 valence electrons. The first-order chi connectivity index (χ1) is 14.1. The van der Waals surface area contributed by atoms with E-state index in [0.717, 1.165) is 67.6 Å². The number of nitrogens with zero attached hydrogens (tertiary/aromatic N) is 3. The molecule has 8 nitrogen and oxygen atoms in total. The van der Waals surface area contributed by atoms with Gasteiger partial charge in [-0.15, -0.1) is 0 Å². The van der Waals surface area contributed by atoms with Crippen molar-refractivity contribution in [1.29, 1.82) is 0 Å². The fraction of sp³-hybridized carbons (Fsp3) is 0.600. The highest BCUT2D eigenvalue weighted by molar-refractivity contribution is 7.80. The molecular weight excluding hydrogens is 388 g/mol. The molecule has 0 aromatic carbocycles. The fourth-order valence-corrected chi connectivity index (χ4v) is 4.08. The van der Waals surface area contributed by atoms with Gasteiger partial charge in [0.25, 0.3) is 5.91 Å². The van der Waals surface area contributed by atoms with Crippen LogP contribution in [0.15, 0.2) is 6.07 Å². The predicted octanol–water partition coefficient (Wildman–Crippen LogP) is 2.01. The van der Waals surface area contributed by atoms with Crippen molar-refractivity contribution in [1.82, 2.24) is 30.9 Å². The number of carbonyl (C=O) groups is 1. The van der Waals surface area contributed by atoms with E-state index < -0.39 is 0 Å². The van der Waals surface area contributed by atoms with Crippen LogP contribution >= 0.6 is 12.2 Å². The zero-order valence-corrected chi connectivity index (χ0v) is 17.3. The highest BCUT2D eigenvalue weighted by atomic mass is 32.1. The van der Waals surface area contributed by atoms with Crippen molar-refractivity contribution in [2.45, 2.75) is 56.5 Å². The van der Waals surface area contributed by atoms with Gasteiger partial charge in [-0.05, 0) is 56.8 Å². The normalized spacial score (nSPS) is 21.3. The maximum Gasteiger partial charge on any atom is 0.270 e. The minimum absolute atomic E-state index is 0.183. The Labute approximate surface area is 174 Å². The van der Waals surface area contributed by atoms with Crippen molar-refractivity contribution in [3.63, 3.8) is 0 Å². The summed E-state index contributed by atoms with van der Waals surface area (Å²) >= 11 is 5.29. The van der Waals surface area contributed by atoms with Crippen LogP contribution in [0, 0.1) is 0 Å². The van der Waals surface area contributed by atoms with Crippen molar-refractivity contribution in [3.8, 4) is 0 Å². The molecule has 2 saturated carbocycles. The van der Waals surface area contributed by atoms with E-state index in [4.69, 9.17) is 21.9 Å². The van der Waals surface area contributed by atoms with Crippen molar-refractivity contribution < 1.29 is 9.53 Å². The van der Waals surface area contributed by atoms with Crippen LogP contribution in [0.4, 0.5) is 0 Å². The van der Waals surface area contributed by atoms with Crippen molar-refractivity contribution >= 4 is 34.3 Å². The van der Waals surface area contributed by atoms with E-state index in [1.54, 1.807) is 0 Å². The molecule has 3 heterocycles. The van der Waals surface area contributed by atoms with Gasteiger partial charge in [-0.2, -0.15) is 5.10 Å². The Morgan fingerprint density at radius 3 is 2.72 bits per heavy atom. The summed E-state index contributed by atoms with van der Waals surface area (Å²) in [6.45, 7) is 1.44. The summed E-state index contributed by atoms with van der Waals surface area (Å²) in [4.78, 5) is 17.9. The number of hydrazine groups is 1. The zero-order chi connectivity index (χ0) is 20.0. The van der Waals surface area contributed by atoms with E-state index in [1.165, 1.54) is 0 Å². The van der Waals surface area contributed by atoms with Crippen LogP contribution < -0.4 is 16.2 Å². The molecule has 29 heavy (non-hydrogen) atoms. The molecule has 1 saturated heterocycles. The summed E-state index contributed by atoms with van der Waals surface area (Å²) in [6.07, 6.45) is 6.79. The standard InChI is InChI=1S/C20H26N6O2S/c1-26-18-16(17(25-26)12-6-7-12)14(9-15(22-18)11-4-5-11)19(27)23-24-20(29)21-10-13-3-2-8-28-13/h9,11-13H,2-8,10H2,1H3,(H,23,27)(H2,21,24,29)/t13-/m0/s1. The lowest BCUT2D eigenvalue weighted by Gasteiger charge is -2.15. The van der Waals surface area contributed by atoms with Gasteiger partial charge in [0.15, 0.2) is 10.8 Å². The molecule has 1 atom stereocenters. The predicted molar refractivity (Wildman–Crippen MR) is 113 cm³/mol. The summed E-state index contributed by atoms with van der Waals surface area (Å²) in [7, 11) is 1.90. The molecule has 5 rings (SSSR count). The number of thiocarbonyl (C=S) groups is 1. The lowest BCUT2D eigenvalue weighted by Crippen LogP contribution is -2.48. The molecule has 0 bridgehead atoms. The Hall–Kier alpha value is -2.26. The van der Waals surface area contributed by atoms with Crippen LogP contribution in [-0.4, -0.2) is 45.0 Å². The van der Waals surface area contributed by atoms with E-state index in [0.29, 0.717) is 29.1 Å². The topological polar surface area (TPSA) is 93.1 Å². The summed E-state index contributed by atoms with van der Waals surface area (Å²) in [5, 5.41) is 9.05. The van der Waals surface area contributed by atoms with Crippen LogP contribution in [0.2, 0.25) is 0 Å². The smallest absolute Gasteiger partial charge is 0.270 e. The Morgan fingerprint density at radius 1 is 1.24 bits per heavy atom. The molecular formula is C20H26N6O2S. The van der Waals surface area contributed by atoms with E-state index >= 15 is 0 Å². The third kappa shape index (κ3) is 3.93. The van der Waals surface area contributed by atoms with Gasteiger partial charge in [0, 0.05) is 37.7 Å². The molecule has 3 aliphatic rings. The Bertz CT molecular complexity index is 960. The second-order valence-electron chi connectivity index (χ2n) is 8.27. The van der Waals surface area contributed by atoms with Gasteiger partial charge in [-0.1, -0.05) is 0 Å². The molecule has 3 N–H and O–H groups in total. The first-order valence-corrected chi connectivity index (χ1v) is 10.8. The monoisotopic (exact) mass is 414 g/mol. The zero-order valence-electron chi connectivity index (χ0n) is 16.5. The fourth-order valence-electron chi connectivity index (χ4n) is 3.94. The third-order valence-corrected chi connectivity index (χ3v) is 6.10. The molecule has 2 aromatic rings. The van der Waals surface area contributed by atoms with Crippen molar-refractivity contribution in [2.24, 2.45) is 7.05 Å². The van der Waals surface area contributed by atoms with Gasteiger partial charge in [-0.25, -0.2) is 4.98 Å². The minimum Gasteiger partial charge on any atom is -0.376 e. The van der Waals surface area contributed by atoms with Gasteiger partial charge in [-0.3, -0.25) is 20.3 Å². The van der Waals surface area contributed by atoms with E-state index in [-0.39, 0.29) is 12.0 Å². The number of rotatable bonds is 5. The number of hydrogen-bond donors (Lipinski definition) is 3. The average Bonchev–Trinajstić information content (AvgIpc) is 3.66. The molecule has 9 heteroatoms. The number of ether oxygens (including phenoxy) is 1. The van der Waals surface area contributed by atoms with Gasteiger partial charge in [0.1, 0.15) is 0 Å². The highest BCUT2D eigenvalue weighted by Gasteiger charge is 2.33. The third-order valence-electron chi connectivity index (χ3n) is 5.85. The molecule has 1 amide bonds. The van der Waals surface area contributed by atoms with Crippen LogP contribution in [0.5, 0.6) is 0 Å². The van der Waals surface area contributed by atoms with Crippen LogP contribution in [0.1, 0.15) is 72.1 Å². The van der Waals surface area contributed by atoms with Gasteiger partial charge >= 0.3 is 0 Å². The molecule has 0 spiro atoms. The molecule has 1 aliphatic heterocycles. The lowest BCUT2D eigenvalue weighted by atomic mass is 10.1. The van der Waals surface area contributed by atoms with Gasteiger partial charge in [0.05, 0.1) is 22.7 Å². The number of hydrogen-bond acceptors (Lipinski definition) is 5. The van der Waals surface area contributed by atoms with Crippen LogP contribution in [-0.2, 0) is 11.8 Å². The lowest BCUT2D eigenvalue weighted by molar-refractivity contribution is 0.0944. The molecule has 2 aromatic heterocycles. The minimum atomic E-state index is -0.213.